The highest BCUT2D eigenvalue weighted by molar-refractivity contribution is 5.92. The molecular formula is C13H21N3O2. The lowest BCUT2D eigenvalue weighted by Crippen LogP contribution is -2.47. The van der Waals surface area contributed by atoms with Crippen molar-refractivity contribution in [3.05, 3.63) is 23.3 Å². The van der Waals surface area contributed by atoms with Gasteiger partial charge in [-0.2, -0.15) is 0 Å². The first-order valence-corrected chi connectivity index (χ1v) is 6.06. The molecule has 1 N–H and O–H groups in total. The molecule has 0 spiro atoms. The van der Waals surface area contributed by atoms with E-state index in [1.807, 2.05) is 27.7 Å². The van der Waals surface area contributed by atoms with Crippen molar-refractivity contribution in [2.24, 2.45) is 0 Å². The third-order valence-corrected chi connectivity index (χ3v) is 2.32. The van der Waals surface area contributed by atoms with E-state index in [4.69, 9.17) is 4.74 Å². The number of ether oxygens (including phenoxy) is 1. The lowest BCUT2D eigenvalue weighted by atomic mass is 10.1. The van der Waals surface area contributed by atoms with Crippen LogP contribution in [-0.2, 0) is 4.74 Å². The van der Waals surface area contributed by atoms with Crippen molar-refractivity contribution in [3.63, 3.8) is 0 Å². The molecule has 1 rings (SSSR count). The van der Waals surface area contributed by atoms with Crippen molar-refractivity contribution >= 4 is 5.91 Å². The smallest absolute Gasteiger partial charge is 0.270 e. The zero-order chi connectivity index (χ0) is 13.8. The zero-order valence-electron chi connectivity index (χ0n) is 11.7. The molecule has 0 saturated heterocycles. The maximum Gasteiger partial charge on any atom is 0.270 e. The number of aryl methyl sites for hydroxylation is 2. The monoisotopic (exact) mass is 251 g/mol. The molecule has 0 aliphatic carbocycles. The van der Waals surface area contributed by atoms with Crippen LogP contribution in [0.25, 0.3) is 0 Å². The number of amides is 1. The minimum Gasteiger partial charge on any atom is -0.379 e. The molecule has 0 aromatic carbocycles. The van der Waals surface area contributed by atoms with Crippen molar-refractivity contribution in [1.82, 2.24) is 15.3 Å². The number of nitrogens with zero attached hydrogens (tertiary/aromatic N) is 2. The Morgan fingerprint density at radius 3 is 2.61 bits per heavy atom. The maximum atomic E-state index is 12.1. The molecule has 5 heteroatoms. The number of carbonyl (C=O) groups excluding carboxylic acids is 1. The first-order chi connectivity index (χ1) is 8.34. The van der Waals surface area contributed by atoms with Gasteiger partial charge in [-0.1, -0.05) is 0 Å². The Labute approximate surface area is 108 Å². The summed E-state index contributed by atoms with van der Waals surface area (Å²) < 4.78 is 5.34. The number of carbonyl (C=O) groups is 1. The van der Waals surface area contributed by atoms with Gasteiger partial charge >= 0.3 is 0 Å². The van der Waals surface area contributed by atoms with Gasteiger partial charge < -0.3 is 10.1 Å². The zero-order valence-corrected chi connectivity index (χ0v) is 11.7. The van der Waals surface area contributed by atoms with E-state index in [0.29, 0.717) is 24.7 Å². The number of hydrogen-bond acceptors (Lipinski definition) is 4. The van der Waals surface area contributed by atoms with E-state index >= 15 is 0 Å². The summed E-state index contributed by atoms with van der Waals surface area (Å²) in [6.45, 7) is 10.5. The highest BCUT2D eigenvalue weighted by Gasteiger charge is 2.22. The molecule has 1 amide bonds. The van der Waals surface area contributed by atoms with Gasteiger partial charge in [-0.3, -0.25) is 4.79 Å². The summed E-state index contributed by atoms with van der Waals surface area (Å²) in [5.41, 5.74) is 0.764. The summed E-state index contributed by atoms with van der Waals surface area (Å²) in [5.74, 6) is 0.399. The minimum absolute atomic E-state index is 0.201. The number of rotatable bonds is 5. The topological polar surface area (TPSA) is 64.1 Å². The molecule has 1 aromatic heterocycles. The quantitative estimate of drug-likeness (QED) is 0.864. The molecule has 5 nitrogen and oxygen atoms in total. The van der Waals surface area contributed by atoms with E-state index in [1.54, 1.807) is 13.0 Å². The van der Waals surface area contributed by atoms with Crippen LogP contribution < -0.4 is 5.32 Å². The molecule has 100 valence electrons. The average Bonchev–Trinajstić information content (AvgIpc) is 2.24. The molecule has 0 saturated carbocycles. The average molecular weight is 251 g/mol. The maximum absolute atomic E-state index is 12.1. The van der Waals surface area contributed by atoms with Crippen LogP contribution >= 0.6 is 0 Å². The second kappa shape index (κ2) is 5.91. The lowest BCUT2D eigenvalue weighted by molar-refractivity contribution is 0.0721. The Morgan fingerprint density at radius 1 is 1.39 bits per heavy atom. The van der Waals surface area contributed by atoms with Crippen LogP contribution in [0.3, 0.4) is 0 Å². The van der Waals surface area contributed by atoms with Crippen LogP contribution in [-0.4, -0.2) is 34.6 Å². The number of nitrogens with one attached hydrogen (secondary N) is 1. The Bertz CT molecular complexity index is 410. The van der Waals surface area contributed by atoms with E-state index in [2.05, 4.69) is 15.3 Å². The van der Waals surface area contributed by atoms with Gasteiger partial charge in [0, 0.05) is 12.3 Å². The normalized spacial score (nSPS) is 11.4. The van der Waals surface area contributed by atoms with Crippen molar-refractivity contribution in [1.29, 1.82) is 0 Å². The van der Waals surface area contributed by atoms with Crippen LogP contribution in [0.5, 0.6) is 0 Å². The fraction of sp³-hybridized carbons (Fsp3) is 0.615. The molecule has 0 unspecified atom stereocenters. The molecule has 1 heterocycles. The predicted molar refractivity (Wildman–Crippen MR) is 69.5 cm³/mol. The summed E-state index contributed by atoms with van der Waals surface area (Å²) in [5, 5.41) is 2.91. The summed E-state index contributed by atoms with van der Waals surface area (Å²) in [4.78, 5) is 20.4. The van der Waals surface area contributed by atoms with E-state index in [0.717, 1.165) is 5.69 Å². The third-order valence-electron chi connectivity index (χ3n) is 2.32. The second-order valence-electron chi connectivity index (χ2n) is 4.92. The summed E-state index contributed by atoms with van der Waals surface area (Å²) >= 11 is 0. The lowest BCUT2D eigenvalue weighted by Gasteiger charge is -2.25. The second-order valence-corrected chi connectivity index (χ2v) is 4.92. The van der Waals surface area contributed by atoms with Crippen molar-refractivity contribution < 1.29 is 9.53 Å². The van der Waals surface area contributed by atoms with Gasteiger partial charge in [0.15, 0.2) is 0 Å². The van der Waals surface area contributed by atoms with Crippen LogP contribution in [0.15, 0.2) is 6.07 Å². The van der Waals surface area contributed by atoms with E-state index in [9.17, 15) is 4.79 Å². The van der Waals surface area contributed by atoms with Gasteiger partial charge in [0.2, 0.25) is 0 Å². The molecule has 0 aliphatic rings. The van der Waals surface area contributed by atoms with Gasteiger partial charge in [0.05, 0.1) is 12.1 Å². The minimum atomic E-state index is -0.417. The molecule has 0 fully saturated rings. The molecule has 0 radical (unpaired) electrons. The van der Waals surface area contributed by atoms with Gasteiger partial charge in [0.25, 0.3) is 5.91 Å². The van der Waals surface area contributed by atoms with E-state index < -0.39 is 5.54 Å². The van der Waals surface area contributed by atoms with Crippen LogP contribution in [0.1, 0.15) is 42.8 Å². The first-order valence-electron chi connectivity index (χ1n) is 6.06. The van der Waals surface area contributed by atoms with Gasteiger partial charge in [-0.05, 0) is 40.7 Å². The van der Waals surface area contributed by atoms with E-state index in [1.165, 1.54) is 0 Å². The molecule has 0 atom stereocenters. The van der Waals surface area contributed by atoms with E-state index in [-0.39, 0.29) is 5.91 Å². The number of hydrogen-bond donors (Lipinski definition) is 1. The Kier molecular flexibility index (Phi) is 4.78. The fourth-order valence-corrected chi connectivity index (χ4v) is 1.60. The Hall–Kier alpha value is -1.49. The van der Waals surface area contributed by atoms with Gasteiger partial charge in [-0.15, -0.1) is 0 Å². The molecule has 1 aromatic rings. The molecule has 0 bridgehead atoms. The number of aromatic nitrogens is 2. The van der Waals surface area contributed by atoms with Gasteiger partial charge in [0.1, 0.15) is 11.5 Å². The van der Waals surface area contributed by atoms with Crippen LogP contribution in [0.4, 0.5) is 0 Å². The Balaban J connectivity index is 2.75. The van der Waals surface area contributed by atoms with Crippen LogP contribution in [0.2, 0.25) is 0 Å². The molecular weight excluding hydrogens is 230 g/mol. The van der Waals surface area contributed by atoms with Crippen molar-refractivity contribution in [2.45, 2.75) is 40.2 Å². The van der Waals surface area contributed by atoms with Gasteiger partial charge in [-0.25, -0.2) is 9.97 Å². The summed E-state index contributed by atoms with van der Waals surface area (Å²) in [6.07, 6.45) is 0. The molecule has 18 heavy (non-hydrogen) atoms. The van der Waals surface area contributed by atoms with Crippen LogP contribution in [0, 0.1) is 13.8 Å². The van der Waals surface area contributed by atoms with Crippen molar-refractivity contribution in [3.8, 4) is 0 Å². The fourth-order valence-electron chi connectivity index (χ4n) is 1.60. The summed E-state index contributed by atoms with van der Waals surface area (Å²) in [7, 11) is 0. The highest BCUT2D eigenvalue weighted by atomic mass is 16.5. The first kappa shape index (κ1) is 14.6. The Morgan fingerprint density at radius 2 is 2.06 bits per heavy atom. The predicted octanol–water partition coefficient (Wildman–Crippen LogP) is 1.64. The largest absolute Gasteiger partial charge is 0.379 e. The highest BCUT2D eigenvalue weighted by Crippen LogP contribution is 2.06. The standard InChI is InChI=1S/C13H21N3O2/c1-6-18-8-13(4,5)16-12(17)11-7-9(2)14-10(3)15-11/h7H,6,8H2,1-5H3,(H,16,17). The SMILES string of the molecule is CCOCC(C)(C)NC(=O)c1cc(C)nc(C)n1. The summed E-state index contributed by atoms with van der Waals surface area (Å²) in [6, 6.07) is 1.68. The van der Waals surface area contributed by atoms with Crippen molar-refractivity contribution in [2.75, 3.05) is 13.2 Å². The third kappa shape index (κ3) is 4.41. The molecule has 0 aliphatic heterocycles.